The van der Waals surface area contributed by atoms with Gasteiger partial charge in [-0.2, -0.15) is 0 Å². The molecule has 3 fully saturated rings. The molecule has 0 unspecified atom stereocenters. The highest BCUT2D eigenvalue weighted by Gasteiger charge is 2.48. The second-order valence-corrected chi connectivity index (χ2v) is 5.90. The summed E-state index contributed by atoms with van der Waals surface area (Å²) in [4.78, 5) is 6.19. The summed E-state index contributed by atoms with van der Waals surface area (Å²) in [5.41, 5.74) is 0. The zero-order valence-electron chi connectivity index (χ0n) is 10.7. The van der Waals surface area contributed by atoms with Crippen LogP contribution in [0.25, 0.3) is 0 Å². The zero-order chi connectivity index (χ0) is 12.8. The molecule has 2 saturated heterocycles. The smallest absolute Gasteiger partial charge is 0.170 e. The minimum Gasteiger partial charge on any atom is -0.345 e. The minimum absolute atomic E-state index is 0.0228. The van der Waals surface area contributed by atoms with Crippen LogP contribution >= 0.6 is 0 Å². The van der Waals surface area contributed by atoms with Gasteiger partial charge in [0.05, 0.1) is 12.2 Å². The summed E-state index contributed by atoms with van der Waals surface area (Å²) in [6.07, 6.45) is 7.49. The number of piperidine rings is 1. The maximum atomic E-state index is 14.7. The minimum atomic E-state index is -0.818. The molecule has 2 aliphatic heterocycles. The Morgan fingerprint density at radius 3 is 2.89 bits per heavy atom. The molecule has 19 heavy (non-hydrogen) atoms. The van der Waals surface area contributed by atoms with E-state index >= 15 is 0 Å². The van der Waals surface area contributed by atoms with Crippen LogP contribution in [0.5, 0.6) is 0 Å². The largest absolute Gasteiger partial charge is 0.345 e. The molecule has 1 aromatic rings. The molecule has 0 aromatic carbocycles. The normalized spacial score (nSPS) is 37.3. The Morgan fingerprint density at radius 1 is 1.26 bits per heavy atom. The molecule has 2 bridgehead atoms. The van der Waals surface area contributed by atoms with E-state index in [2.05, 4.69) is 25.4 Å². The van der Waals surface area contributed by atoms with Crippen LogP contribution in [0.15, 0.2) is 12.5 Å². The van der Waals surface area contributed by atoms with Crippen molar-refractivity contribution in [1.29, 1.82) is 0 Å². The molecule has 4 rings (SSSR count). The molecule has 1 aliphatic carbocycles. The van der Waals surface area contributed by atoms with Crippen LogP contribution in [-0.4, -0.2) is 45.5 Å². The molecular formula is C13H18FN5. The average Bonchev–Trinajstić information content (AvgIpc) is 3.18. The van der Waals surface area contributed by atoms with E-state index in [1.54, 1.807) is 6.20 Å². The van der Waals surface area contributed by atoms with Crippen LogP contribution in [0.2, 0.25) is 0 Å². The van der Waals surface area contributed by atoms with E-state index in [4.69, 9.17) is 0 Å². The van der Waals surface area contributed by atoms with E-state index in [-0.39, 0.29) is 12.1 Å². The Bertz CT molecular complexity index is 452. The van der Waals surface area contributed by atoms with Crippen molar-refractivity contribution >= 4 is 5.82 Å². The van der Waals surface area contributed by atoms with E-state index in [0.29, 0.717) is 12.1 Å². The Labute approximate surface area is 111 Å². The average molecular weight is 263 g/mol. The first-order chi connectivity index (χ1) is 9.33. The van der Waals surface area contributed by atoms with Gasteiger partial charge in [0.15, 0.2) is 5.82 Å². The van der Waals surface area contributed by atoms with Gasteiger partial charge >= 0.3 is 0 Å². The first kappa shape index (κ1) is 11.5. The van der Waals surface area contributed by atoms with Crippen molar-refractivity contribution in [2.24, 2.45) is 0 Å². The molecule has 3 aliphatic rings. The Hall–Kier alpha value is -1.30. The number of halogens is 1. The van der Waals surface area contributed by atoms with E-state index in [1.807, 2.05) is 0 Å². The van der Waals surface area contributed by atoms with Crippen LogP contribution in [0.1, 0.15) is 32.1 Å². The van der Waals surface area contributed by atoms with Gasteiger partial charge in [-0.25, -0.2) is 9.37 Å². The molecule has 4 atom stereocenters. The van der Waals surface area contributed by atoms with Gasteiger partial charge in [-0.15, -0.1) is 10.2 Å². The van der Waals surface area contributed by atoms with Gasteiger partial charge in [0.25, 0.3) is 0 Å². The van der Waals surface area contributed by atoms with Crippen molar-refractivity contribution < 1.29 is 4.39 Å². The summed E-state index contributed by atoms with van der Waals surface area (Å²) in [6, 6.07) is 0.853. The maximum absolute atomic E-state index is 14.7. The maximum Gasteiger partial charge on any atom is 0.170 e. The number of nitrogens with one attached hydrogen (secondary N) is 1. The molecule has 6 heteroatoms. The van der Waals surface area contributed by atoms with E-state index in [1.165, 1.54) is 6.33 Å². The van der Waals surface area contributed by atoms with E-state index in [9.17, 15) is 4.39 Å². The predicted molar refractivity (Wildman–Crippen MR) is 68.6 cm³/mol. The third-order valence-electron chi connectivity index (χ3n) is 4.58. The van der Waals surface area contributed by atoms with Gasteiger partial charge in [0.2, 0.25) is 0 Å². The van der Waals surface area contributed by atoms with Crippen LogP contribution in [0.3, 0.4) is 0 Å². The molecule has 3 heterocycles. The highest BCUT2D eigenvalue weighted by atomic mass is 19.1. The number of rotatable bonds is 3. The van der Waals surface area contributed by atoms with Crippen molar-refractivity contribution in [3.05, 3.63) is 12.5 Å². The lowest BCUT2D eigenvalue weighted by Crippen LogP contribution is -2.57. The zero-order valence-corrected chi connectivity index (χ0v) is 10.7. The summed E-state index contributed by atoms with van der Waals surface area (Å²) in [5, 5.41) is 11.4. The Kier molecular flexibility index (Phi) is 2.65. The molecule has 0 radical (unpaired) electrons. The van der Waals surface area contributed by atoms with Crippen molar-refractivity contribution in [2.45, 2.75) is 62.4 Å². The van der Waals surface area contributed by atoms with Crippen LogP contribution in [0.4, 0.5) is 10.2 Å². The topological polar surface area (TPSA) is 53.9 Å². The van der Waals surface area contributed by atoms with Gasteiger partial charge in [-0.3, -0.25) is 0 Å². The van der Waals surface area contributed by atoms with Gasteiger partial charge < -0.3 is 10.2 Å². The fourth-order valence-electron chi connectivity index (χ4n) is 3.58. The van der Waals surface area contributed by atoms with Gasteiger partial charge in [-0.05, 0) is 32.1 Å². The highest BCUT2D eigenvalue weighted by molar-refractivity contribution is 5.41. The molecule has 0 amide bonds. The van der Waals surface area contributed by atoms with E-state index < -0.39 is 6.17 Å². The summed E-state index contributed by atoms with van der Waals surface area (Å²) < 4.78 is 14.7. The second kappa shape index (κ2) is 4.37. The summed E-state index contributed by atoms with van der Waals surface area (Å²) in [6.45, 7) is 0. The third-order valence-corrected chi connectivity index (χ3v) is 4.58. The lowest BCUT2D eigenvalue weighted by Gasteiger charge is -2.40. The van der Waals surface area contributed by atoms with Gasteiger partial charge in [-0.1, -0.05) is 0 Å². The number of anilines is 1. The van der Waals surface area contributed by atoms with Gasteiger partial charge in [0.1, 0.15) is 12.5 Å². The Balaban J connectivity index is 1.64. The van der Waals surface area contributed by atoms with E-state index in [0.717, 1.165) is 37.9 Å². The SMILES string of the molecule is F[C@H]1[C@@H]2CC[C@H](C[C@H]1N(c1cncnn1)C1CC1)N2. The number of aromatic nitrogens is 3. The number of alkyl halides is 1. The van der Waals surface area contributed by atoms with Crippen LogP contribution < -0.4 is 10.2 Å². The summed E-state index contributed by atoms with van der Waals surface area (Å²) >= 11 is 0. The Morgan fingerprint density at radius 2 is 2.16 bits per heavy atom. The molecule has 0 spiro atoms. The monoisotopic (exact) mass is 263 g/mol. The molecular weight excluding hydrogens is 245 g/mol. The van der Waals surface area contributed by atoms with Crippen molar-refractivity contribution in [3.63, 3.8) is 0 Å². The summed E-state index contributed by atoms with van der Waals surface area (Å²) in [5.74, 6) is 0.735. The highest BCUT2D eigenvalue weighted by Crippen LogP contribution is 2.39. The number of hydrogen-bond donors (Lipinski definition) is 1. The fourth-order valence-corrected chi connectivity index (χ4v) is 3.58. The van der Waals surface area contributed by atoms with Crippen molar-refractivity contribution in [3.8, 4) is 0 Å². The molecule has 1 aromatic heterocycles. The first-order valence-corrected chi connectivity index (χ1v) is 7.14. The molecule has 1 N–H and O–H groups in total. The first-order valence-electron chi connectivity index (χ1n) is 7.14. The fraction of sp³-hybridized carbons (Fsp3) is 0.769. The number of nitrogens with zero attached hydrogens (tertiary/aromatic N) is 4. The van der Waals surface area contributed by atoms with Crippen molar-refractivity contribution in [2.75, 3.05) is 4.90 Å². The number of fused-ring (bicyclic) bond motifs is 2. The molecule has 102 valence electrons. The predicted octanol–water partition coefficient (Wildman–Crippen LogP) is 1.07. The molecule has 1 saturated carbocycles. The second-order valence-electron chi connectivity index (χ2n) is 5.90. The van der Waals surface area contributed by atoms with Crippen LogP contribution in [-0.2, 0) is 0 Å². The standard InChI is InChI=1S/C13H18FN5/c14-13-10-4-1-8(17-10)5-11(13)19(9-2-3-9)12-6-15-7-16-18-12/h6-11,13,17H,1-5H2/t8-,10+,11-,13+/m1/s1. The lowest BCUT2D eigenvalue weighted by atomic mass is 9.96. The van der Waals surface area contributed by atoms with Crippen molar-refractivity contribution in [1.82, 2.24) is 20.5 Å². The number of hydrogen-bond acceptors (Lipinski definition) is 5. The summed E-state index contributed by atoms with van der Waals surface area (Å²) in [7, 11) is 0. The van der Waals surface area contributed by atoms with Gasteiger partial charge in [0, 0.05) is 18.1 Å². The third kappa shape index (κ3) is 1.98. The molecule has 5 nitrogen and oxygen atoms in total. The van der Waals surface area contributed by atoms with Crippen LogP contribution in [0, 0.1) is 0 Å². The lowest BCUT2D eigenvalue weighted by molar-refractivity contribution is 0.171. The quantitative estimate of drug-likeness (QED) is 0.884.